The van der Waals surface area contributed by atoms with Gasteiger partial charge in [-0.1, -0.05) is 13.0 Å². The number of aliphatic hydroxyl groups is 1. The Kier molecular flexibility index (Phi) is 4.49. The van der Waals surface area contributed by atoms with Crippen LogP contribution in [0.5, 0.6) is 0 Å². The van der Waals surface area contributed by atoms with Crippen LogP contribution in [0.1, 0.15) is 36.9 Å². The van der Waals surface area contributed by atoms with Crippen LogP contribution >= 0.6 is 0 Å². The lowest BCUT2D eigenvalue weighted by Crippen LogP contribution is -2.09. The summed E-state index contributed by atoms with van der Waals surface area (Å²) in [5, 5.41) is 14.6. The second-order valence-electron chi connectivity index (χ2n) is 4.69. The van der Waals surface area contributed by atoms with Crippen LogP contribution in [-0.2, 0) is 19.4 Å². The maximum Gasteiger partial charge on any atom is 0.159 e. The zero-order valence-corrected chi connectivity index (χ0v) is 11.6. The number of hydrogen-bond donors (Lipinski definition) is 1. The zero-order valence-electron chi connectivity index (χ0n) is 11.6. The fraction of sp³-hybridized carbons (Fsp3) is 0.400. The Morgan fingerprint density at radius 2 is 1.95 bits per heavy atom. The quantitative estimate of drug-likeness (QED) is 0.914. The smallest absolute Gasteiger partial charge is 0.159 e. The summed E-state index contributed by atoms with van der Waals surface area (Å²) in [5.41, 5.74) is 2.21. The van der Waals surface area contributed by atoms with Crippen molar-refractivity contribution in [1.29, 1.82) is 0 Å². The first-order valence-electron chi connectivity index (χ1n) is 6.73. The molecule has 0 amide bonds. The Morgan fingerprint density at radius 1 is 1.20 bits per heavy atom. The van der Waals surface area contributed by atoms with E-state index < -0.39 is 17.7 Å². The Balaban J connectivity index is 2.20. The summed E-state index contributed by atoms with van der Waals surface area (Å²) in [6.45, 7) is 4.69. The molecule has 0 radical (unpaired) electrons. The highest BCUT2D eigenvalue weighted by Crippen LogP contribution is 2.21. The molecular formula is C15H18F2N2O. The van der Waals surface area contributed by atoms with Gasteiger partial charge < -0.3 is 5.11 Å². The highest BCUT2D eigenvalue weighted by Gasteiger charge is 2.15. The van der Waals surface area contributed by atoms with E-state index in [2.05, 4.69) is 5.10 Å². The van der Waals surface area contributed by atoms with E-state index in [1.54, 1.807) is 0 Å². The fourth-order valence-corrected chi connectivity index (χ4v) is 2.16. The van der Waals surface area contributed by atoms with E-state index in [1.807, 2.05) is 24.6 Å². The van der Waals surface area contributed by atoms with Crippen LogP contribution in [0.2, 0.25) is 0 Å². The predicted octanol–water partition coefficient (Wildman–Crippen LogP) is 3.02. The van der Waals surface area contributed by atoms with Crippen LogP contribution < -0.4 is 0 Å². The molecule has 3 nitrogen and oxygen atoms in total. The van der Waals surface area contributed by atoms with Gasteiger partial charge in [0.1, 0.15) is 0 Å². The Bertz CT molecular complexity index is 596. The SMILES string of the molecule is CCc1cc(CC(O)c2ccc(F)c(F)c2)n(CC)n1. The van der Waals surface area contributed by atoms with Gasteiger partial charge in [0.05, 0.1) is 11.8 Å². The molecular weight excluding hydrogens is 262 g/mol. The van der Waals surface area contributed by atoms with Gasteiger partial charge >= 0.3 is 0 Å². The molecule has 0 spiro atoms. The normalized spacial score (nSPS) is 12.7. The third-order valence-electron chi connectivity index (χ3n) is 3.31. The molecule has 0 saturated carbocycles. The van der Waals surface area contributed by atoms with Crippen LogP contribution in [-0.4, -0.2) is 14.9 Å². The number of aliphatic hydroxyl groups excluding tert-OH is 1. The van der Waals surface area contributed by atoms with Gasteiger partial charge in [-0.15, -0.1) is 0 Å². The van der Waals surface area contributed by atoms with Gasteiger partial charge in [0.15, 0.2) is 11.6 Å². The van der Waals surface area contributed by atoms with Crippen molar-refractivity contribution in [2.75, 3.05) is 0 Å². The molecule has 0 fully saturated rings. The van der Waals surface area contributed by atoms with Crippen molar-refractivity contribution < 1.29 is 13.9 Å². The average molecular weight is 280 g/mol. The van der Waals surface area contributed by atoms with Gasteiger partial charge in [-0.2, -0.15) is 5.10 Å². The molecule has 5 heteroatoms. The van der Waals surface area contributed by atoms with Crippen LogP contribution in [0.4, 0.5) is 8.78 Å². The summed E-state index contributed by atoms with van der Waals surface area (Å²) in [5.74, 6) is -1.85. The highest BCUT2D eigenvalue weighted by molar-refractivity contribution is 5.22. The minimum atomic E-state index is -0.945. The molecule has 0 aliphatic heterocycles. The molecule has 0 aliphatic rings. The van der Waals surface area contributed by atoms with Gasteiger partial charge in [-0.3, -0.25) is 4.68 Å². The first-order chi connectivity index (χ1) is 9.55. The summed E-state index contributed by atoms with van der Waals surface area (Å²) in [6, 6.07) is 5.40. The lowest BCUT2D eigenvalue weighted by molar-refractivity contribution is 0.174. The van der Waals surface area contributed by atoms with Crippen LogP contribution in [0, 0.1) is 11.6 Å². The number of benzene rings is 1. The zero-order chi connectivity index (χ0) is 14.7. The van der Waals surface area contributed by atoms with E-state index in [9.17, 15) is 13.9 Å². The third-order valence-corrected chi connectivity index (χ3v) is 3.31. The van der Waals surface area contributed by atoms with Crippen LogP contribution in [0.25, 0.3) is 0 Å². The summed E-state index contributed by atoms with van der Waals surface area (Å²) < 4.78 is 27.9. The lowest BCUT2D eigenvalue weighted by atomic mass is 10.0. The molecule has 1 heterocycles. The second kappa shape index (κ2) is 6.13. The van der Waals surface area contributed by atoms with Gasteiger partial charge in [-0.05, 0) is 37.1 Å². The first kappa shape index (κ1) is 14.7. The van der Waals surface area contributed by atoms with Crippen molar-refractivity contribution in [1.82, 2.24) is 9.78 Å². The standard InChI is InChI=1S/C15H18F2N2O/c1-3-11-8-12(19(4-2)18-11)9-15(20)10-5-6-13(16)14(17)7-10/h5-8,15,20H,3-4,9H2,1-2H3. The Morgan fingerprint density at radius 3 is 2.55 bits per heavy atom. The summed E-state index contributed by atoms with van der Waals surface area (Å²) in [4.78, 5) is 0. The maximum absolute atomic E-state index is 13.2. The van der Waals surface area contributed by atoms with E-state index in [1.165, 1.54) is 6.07 Å². The molecule has 1 atom stereocenters. The molecule has 0 bridgehead atoms. The molecule has 2 aromatic rings. The van der Waals surface area contributed by atoms with Crippen molar-refractivity contribution in [2.45, 2.75) is 39.3 Å². The Hall–Kier alpha value is -1.75. The number of aryl methyl sites for hydroxylation is 2. The number of aromatic nitrogens is 2. The van der Waals surface area contributed by atoms with E-state index in [0.29, 0.717) is 18.5 Å². The van der Waals surface area contributed by atoms with Crippen molar-refractivity contribution in [3.8, 4) is 0 Å². The Labute approximate surface area is 116 Å². The van der Waals surface area contributed by atoms with Crippen molar-refractivity contribution >= 4 is 0 Å². The fourth-order valence-electron chi connectivity index (χ4n) is 2.16. The highest BCUT2D eigenvalue weighted by atomic mass is 19.2. The third kappa shape index (κ3) is 3.04. The lowest BCUT2D eigenvalue weighted by Gasteiger charge is -2.12. The van der Waals surface area contributed by atoms with Crippen molar-refractivity contribution in [3.05, 3.63) is 52.9 Å². The molecule has 1 aromatic carbocycles. The van der Waals surface area contributed by atoms with Crippen LogP contribution in [0.15, 0.2) is 24.3 Å². The van der Waals surface area contributed by atoms with Gasteiger partial charge in [-0.25, -0.2) is 8.78 Å². The second-order valence-corrected chi connectivity index (χ2v) is 4.69. The molecule has 20 heavy (non-hydrogen) atoms. The summed E-state index contributed by atoms with van der Waals surface area (Å²) >= 11 is 0. The van der Waals surface area contributed by atoms with Gasteiger partial charge in [0, 0.05) is 18.7 Å². The maximum atomic E-state index is 13.2. The largest absolute Gasteiger partial charge is 0.388 e. The molecule has 1 unspecified atom stereocenters. The summed E-state index contributed by atoms with van der Waals surface area (Å²) in [7, 11) is 0. The van der Waals surface area contributed by atoms with Crippen LogP contribution in [0.3, 0.4) is 0 Å². The monoisotopic (exact) mass is 280 g/mol. The van der Waals surface area contributed by atoms with E-state index >= 15 is 0 Å². The number of rotatable bonds is 5. The average Bonchev–Trinajstić information content (AvgIpc) is 2.84. The van der Waals surface area contributed by atoms with Crippen molar-refractivity contribution in [2.24, 2.45) is 0 Å². The summed E-state index contributed by atoms with van der Waals surface area (Å²) in [6.07, 6.45) is 0.268. The van der Waals surface area contributed by atoms with E-state index in [0.717, 1.165) is 29.9 Å². The van der Waals surface area contributed by atoms with Gasteiger partial charge in [0.25, 0.3) is 0 Å². The number of nitrogens with zero attached hydrogens (tertiary/aromatic N) is 2. The number of halogens is 2. The molecule has 1 N–H and O–H groups in total. The van der Waals surface area contributed by atoms with Crippen molar-refractivity contribution in [3.63, 3.8) is 0 Å². The molecule has 1 aromatic heterocycles. The molecule has 108 valence electrons. The topological polar surface area (TPSA) is 38.0 Å². The van der Waals surface area contributed by atoms with Gasteiger partial charge in [0.2, 0.25) is 0 Å². The minimum absolute atomic E-state index is 0.325. The minimum Gasteiger partial charge on any atom is -0.388 e. The predicted molar refractivity (Wildman–Crippen MR) is 72.3 cm³/mol. The van der Waals surface area contributed by atoms with E-state index in [-0.39, 0.29) is 0 Å². The molecule has 2 rings (SSSR count). The first-order valence-corrected chi connectivity index (χ1v) is 6.73. The molecule has 0 saturated heterocycles. The number of hydrogen-bond acceptors (Lipinski definition) is 2. The molecule has 0 aliphatic carbocycles. The van der Waals surface area contributed by atoms with E-state index in [4.69, 9.17) is 0 Å².